The first-order chi connectivity index (χ1) is 8.17. The summed E-state index contributed by atoms with van der Waals surface area (Å²) in [6.07, 6.45) is 0.366. The summed E-state index contributed by atoms with van der Waals surface area (Å²) in [7, 11) is 1.61. The van der Waals surface area contributed by atoms with Crippen LogP contribution >= 0.6 is 0 Å². The van der Waals surface area contributed by atoms with E-state index < -0.39 is 0 Å². The van der Waals surface area contributed by atoms with E-state index in [1.54, 1.807) is 7.11 Å². The van der Waals surface area contributed by atoms with Gasteiger partial charge >= 0.3 is 0 Å². The molecule has 3 N–H and O–H groups in total. The molecule has 1 aromatic heterocycles. The summed E-state index contributed by atoms with van der Waals surface area (Å²) in [5.74, 6) is 0.822. The van der Waals surface area contributed by atoms with Gasteiger partial charge in [0.25, 0.3) is 0 Å². The first-order valence-electron chi connectivity index (χ1n) is 5.57. The Hall–Kier alpha value is -1.81. The monoisotopic (exact) mass is 232 g/mol. The quantitative estimate of drug-likeness (QED) is 0.792. The fraction of sp³-hybridized carbons (Fsp3) is 0.308. The topological polar surface area (TPSA) is 68.1 Å². The lowest BCUT2D eigenvalue weighted by molar-refractivity contribution is 0.0986. The highest BCUT2D eigenvalue weighted by atomic mass is 16.5. The van der Waals surface area contributed by atoms with Crippen molar-refractivity contribution in [1.82, 2.24) is 4.98 Å². The Balaban J connectivity index is 2.60. The number of nitrogens with one attached hydrogen (secondary N) is 1. The second kappa shape index (κ2) is 4.59. The number of H-pyrrole nitrogens is 1. The summed E-state index contributed by atoms with van der Waals surface area (Å²) in [4.78, 5) is 15.2. The van der Waals surface area contributed by atoms with E-state index in [1.165, 1.54) is 0 Å². The standard InChI is InChI=1S/C13H16N2O2/c1-8-13(12(16)5-6-14)10-7-9(17-2)3-4-11(10)15-8/h3-4,7,15H,5-6,14H2,1-2H3. The number of Topliss-reactive ketones (excluding diaryl/α,β-unsaturated/α-hetero) is 1. The molecule has 0 aliphatic rings. The van der Waals surface area contributed by atoms with Gasteiger partial charge in [0, 0.05) is 28.6 Å². The third-order valence-corrected chi connectivity index (χ3v) is 2.84. The van der Waals surface area contributed by atoms with Crippen molar-refractivity contribution in [3.05, 3.63) is 29.5 Å². The number of aromatic amines is 1. The molecule has 90 valence electrons. The molecular weight excluding hydrogens is 216 g/mol. The number of carbonyl (C=O) groups excluding carboxylic acids is 1. The van der Waals surface area contributed by atoms with Gasteiger partial charge in [-0.15, -0.1) is 0 Å². The van der Waals surface area contributed by atoms with E-state index in [9.17, 15) is 4.79 Å². The maximum Gasteiger partial charge on any atom is 0.166 e. The molecule has 0 unspecified atom stereocenters. The van der Waals surface area contributed by atoms with Crippen LogP contribution in [-0.4, -0.2) is 24.4 Å². The molecule has 17 heavy (non-hydrogen) atoms. The molecule has 0 spiro atoms. The zero-order chi connectivity index (χ0) is 12.4. The summed E-state index contributed by atoms with van der Waals surface area (Å²) in [6, 6.07) is 5.67. The van der Waals surface area contributed by atoms with Crippen LogP contribution < -0.4 is 10.5 Å². The smallest absolute Gasteiger partial charge is 0.166 e. The van der Waals surface area contributed by atoms with E-state index in [-0.39, 0.29) is 5.78 Å². The number of aromatic nitrogens is 1. The Kier molecular flexibility index (Phi) is 3.15. The Bertz CT molecular complexity index is 558. The number of fused-ring (bicyclic) bond motifs is 1. The number of hydrogen-bond acceptors (Lipinski definition) is 3. The SMILES string of the molecule is COc1ccc2[nH]c(C)c(C(=O)CCN)c2c1. The number of hydrogen-bond donors (Lipinski definition) is 2. The van der Waals surface area contributed by atoms with E-state index in [4.69, 9.17) is 10.5 Å². The molecule has 4 nitrogen and oxygen atoms in total. The lowest BCUT2D eigenvalue weighted by atomic mass is 10.0. The average molecular weight is 232 g/mol. The van der Waals surface area contributed by atoms with Crippen molar-refractivity contribution in [3.63, 3.8) is 0 Å². The highest BCUT2D eigenvalue weighted by Crippen LogP contribution is 2.27. The van der Waals surface area contributed by atoms with Crippen LogP contribution in [0.1, 0.15) is 22.5 Å². The van der Waals surface area contributed by atoms with Gasteiger partial charge < -0.3 is 15.5 Å². The minimum Gasteiger partial charge on any atom is -0.497 e. The van der Waals surface area contributed by atoms with Crippen LogP contribution in [0.3, 0.4) is 0 Å². The second-order valence-electron chi connectivity index (χ2n) is 4.00. The number of ether oxygens (including phenoxy) is 1. The molecule has 0 atom stereocenters. The second-order valence-corrected chi connectivity index (χ2v) is 4.00. The summed E-state index contributed by atoms with van der Waals surface area (Å²) < 4.78 is 5.18. The molecule has 1 aromatic carbocycles. The van der Waals surface area contributed by atoms with E-state index in [0.717, 1.165) is 27.9 Å². The summed E-state index contributed by atoms with van der Waals surface area (Å²) in [5.41, 5.74) is 7.99. The maximum atomic E-state index is 12.0. The molecule has 0 fully saturated rings. The third kappa shape index (κ3) is 2.03. The fourth-order valence-corrected chi connectivity index (χ4v) is 2.05. The first kappa shape index (κ1) is 11.7. The Morgan fingerprint density at radius 1 is 1.47 bits per heavy atom. The van der Waals surface area contributed by atoms with Gasteiger partial charge in [-0.2, -0.15) is 0 Å². The largest absolute Gasteiger partial charge is 0.497 e. The van der Waals surface area contributed by atoms with E-state index >= 15 is 0 Å². The van der Waals surface area contributed by atoms with Gasteiger partial charge in [0.05, 0.1) is 7.11 Å². The van der Waals surface area contributed by atoms with Gasteiger partial charge in [-0.05, 0) is 31.7 Å². The van der Waals surface area contributed by atoms with Crippen LogP contribution in [0.4, 0.5) is 0 Å². The number of aryl methyl sites for hydroxylation is 1. The molecule has 0 bridgehead atoms. The van der Waals surface area contributed by atoms with Crippen molar-refractivity contribution in [1.29, 1.82) is 0 Å². The predicted molar refractivity (Wildman–Crippen MR) is 67.6 cm³/mol. The highest BCUT2D eigenvalue weighted by molar-refractivity contribution is 6.09. The van der Waals surface area contributed by atoms with Crippen molar-refractivity contribution < 1.29 is 9.53 Å². The minimum absolute atomic E-state index is 0.0736. The van der Waals surface area contributed by atoms with Crippen LogP contribution in [0.25, 0.3) is 10.9 Å². The normalized spacial score (nSPS) is 10.8. The predicted octanol–water partition coefficient (Wildman–Crippen LogP) is 2.02. The number of rotatable bonds is 4. The lowest BCUT2D eigenvalue weighted by Gasteiger charge is -2.01. The van der Waals surface area contributed by atoms with Crippen molar-refractivity contribution in [2.75, 3.05) is 13.7 Å². The Labute approximate surface area is 99.8 Å². The first-order valence-corrected chi connectivity index (χ1v) is 5.57. The molecule has 4 heteroatoms. The molecule has 0 aliphatic heterocycles. The molecule has 2 rings (SSSR count). The summed E-state index contributed by atoms with van der Waals surface area (Å²) in [5, 5.41) is 0.903. The maximum absolute atomic E-state index is 12.0. The molecular formula is C13H16N2O2. The van der Waals surface area contributed by atoms with Crippen molar-refractivity contribution in [2.45, 2.75) is 13.3 Å². The van der Waals surface area contributed by atoms with E-state index in [2.05, 4.69) is 4.98 Å². The van der Waals surface area contributed by atoms with Crippen LogP contribution in [0.2, 0.25) is 0 Å². The number of benzene rings is 1. The Morgan fingerprint density at radius 2 is 2.24 bits per heavy atom. The molecule has 0 radical (unpaired) electrons. The van der Waals surface area contributed by atoms with Crippen LogP contribution in [0.5, 0.6) is 5.75 Å². The lowest BCUT2D eigenvalue weighted by Crippen LogP contribution is -2.08. The van der Waals surface area contributed by atoms with Gasteiger partial charge in [0.15, 0.2) is 5.78 Å². The van der Waals surface area contributed by atoms with Gasteiger partial charge in [0.2, 0.25) is 0 Å². The van der Waals surface area contributed by atoms with Crippen LogP contribution in [0.15, 0.2) is 18.2 Å². The van der Waals surface area contributed by atoms with Gasteiger partial charge in [-0.3, -0.25) is 4.79 Å². The number of methoxy groups -OCH3 is 1. The minimum atomic E-state index is 0.0736. The van der Waals surface area contributed by atoms with Gasteiger partial charge in [-0.1, -0.05) is 0 Å². The fourth-order valence-electron chi connectivity index (χ4n) is 2.05. The number of ketones is 1. The Morgan fingerprint density at radius 3 is 2.88 bits per heavy atom. The summed E-state index contributed by atoms with van der Waals surface area (Å²) in [6.45, 7) is 2.27. The molecule has 0 amide bonds. The van der Waals surface area contributed by atoms with Crippen molar-refractivity contribution in [3.8, 4) is 5.75 Å². The van der Waals surface area contributed by atoms with E-state index in [0.29, 0.717) is 13.0 Å². The molecule has 2 aromatic rings. The number of nitrogens with two attached hydrogens (primary N) is 1. The van der Waals surface area contributed by atoms with E-state index in [1.807, 2.05) is 25.1 Å². The molecule has 0 saturated carbocycles. The van der Waals surface area contributed by atoms with Crippen molar-refractivity contribution >= 4 is 16.7 Å². The zero-order valence-electron chi connectivity index (χ0n) is 10.0. The van der Waals surface area contributed by atoms with Gasteiger partial charge in [-0.25, -0.2) is 0 Å². The summed E-state index contributed by atoms with van der Waals surface area (Å²) >= 11 is 0. The molecule has 1 heterocycles. The van der Waals surface area contributed by atoms with Crippen LogP contribution in [0, 0.1) is 6.92 Å². The number of carbonyl (C=O) groups is 1. The third-order valence-electron chi connectivity index (χ3n) is 2.84. The highest BCUT2D eigenvalue weighted by Gasteiger charge is 2.15. The molecule has 0 aliphatic carbocycles. The van der Waals surface area contributed by atoms with Crippen LogP contribution in [-0.2, 0) is 0 Å². The zero-order valence-corrected chi connectivity index (χ0v) is 10.0. The molecule has 0 saturated heterocycles. The van der Waals surface area contributed by atoms with Crippen molar-refractivity contribution in [2.24, 2.45) is 5.73 Å². The van der Waals surface area contributed by atoms with Gasteiger partial charge in [0.1, 0.15) is 5.75 Å². The average Bonchev–Trinajstić information content (AvgIpc) is 2.64.